The van der Waals surface area contributed by atoms with Crippen LogP contribution in [0.1, 0.15) is 22.3 Å². The summed E-state index contributed by atoms with van der Waals surface area (Å²) in [4.78, 5) is 16.8. The minimum atomic E-state index is -0.212. The molecule has 1 aromatic heterocycles. The van der Waals surface area contributed by atoms with Crippen LogP contribution >= 0.6 is 11.3 Å². The minimum Gasteiger partial charge on any atom is -0.497 e. The number of nitrogens with one attached hydrogen (secondary N) is 1. The van der Waals surface area contributed by atoms with E-state index in [2.05, 4.69) is 43.2 Å². The number of aryl methyl sites for hydroxylation is 3. The molecule has 138 valence electrons. The molecule has 4 nitrogen and oxygen atoms in total. The smallest absolute Gasteiger partial charge is 0.250 e. The Morgan fingerprint density at radius 3 is 2.67 bits per heavy atom. The number of rotatable bonds is 5. The lowest BCUT2D eigenvalue weighted by atomic mass is 9.99. The van der Waals surface area contributed by atoms with E-state index in [1.165, 1.54) is 34.1 Å². The van der Waals surface area contributed by atoms with Gasteiger partial charge in [-0.3, -0.25) is 10.1 Å². The Hall–Kier alpha value is -2.92. The lowest BCUT2D eigenvalue weighted by molar-refractivity contribution is -0.111. The molecule has 0 radical (unpaired) electrons. The van der Waals surface area contributed by atoms with Gasteiger partial charge in [-0.25, -0.2) is 4.98 Å². The number of benzene rings is 2. The Kier molecular flexibility index (Phi) is 5.72. The van der Waals surface area contributed by atoms with Gasteiger partial charge >= 0.3 is 0 Å². The molecule has 0 aliphatic heterocycles. The normalized spacial score (nSPS) is 11.0. The van der Waals surface area contributed by atoms with Crippen molar-refractivity contribution in [1.82, 2.24) is 4.98 Å². The van der Waals surface area contributed by atoms with Gasteiger partial charge in [0, 0.05) is 17.0 Å². The van der Waals surface area contributed by atoms with Crippen LogP contribution in [0, 0.1) is 20.8 Å². The highest BCUT2D eigenvalue weighted by Gasteiger charge is 2.10. The van der Waals surface area contributed by atoms with Gasteiger partial charge in [0.1, 0.15) is 5.75 Å². The number of hydrogen-bond donors (Lipinski definition) is 1. The average Bonchev–Trinajstić information content (AvgIpc) is 3.11. The first kappa shape index (κ1) is 18.9. The van der Waals surface area contributed by atoms with Crippen LogP contribution in [0.5, 0.6) is 5.75 Å². The predicted octanol–water partition coefficient (Wildman–Crippen LogP) is 5.40. The van der Waals surface area contributed by atoms with Gasteiger partial charge in [-0.1, -0.05) is 18.2 Å². The monoisotopic (exact) mass is 378 g/mol. The molecular weight excluding hydrogens is 356 g/mol. The van der Waals surface area contributed by atoms with E-state index in [0.717, 1.165) is 22.6 Å². The molecule has 0 spiro atoms. The largest absolute Gasteiger partial charge is 0.497 e. The molecule has 0 aliphatic rings. The zero-order chi connectivity index (χ0) is 19.4. The topological polar surface area (TPSA) is 51.2 Å². The zero-order valence-corrected chi connectivity index (χ0v) is 16.7. The molecule has 0 unspecified atom stereocenters. The molecule has 1 amide bonds. The van der Waals surface area contributed by atoms with E-state index in [1.807, 2.05) is 29.6 Å². The maximum Gasteiger partial charge on any atom is 0.250 e. The molecule has 0 aliphatic carbocycles. The number of aromatic nitrogens is 1. The van der Waals surface area contributed by atoms with Crippen molar-refractivity contribution in [3.63, 3.8) is 0 Å². The first-order valence-electron chi connectivity index (χ1n) is 8.63. The van der Waals surface area contributed by atoms with Gasteiger partial charge in [-0.05, 0) is 67.3 Å². The Bertz CT molecular complexity index is 1010. The van der Waals surface area contributed by atoms with E-state index in [-0.39, 0.29) is 5.91 Å². The molecule has 5 heteroatoms. The molecule has 0 bridgehead atoms. The summed E-state index contributed by atoms with van der Waals surface area (Å²) in [6.07, 6.45) is 3.25. The summed E-state index contributed by atoms with van der Waals surface area (Å²) in [6, 6.07) is 11.8. The van der Waals surface area contributed by atoms with Crippen molar-refractivity contribution >= 4 is 28.5 Å². The van der Waals surface area contributed by atoms with Crippen LogP contribution in [0.25, 0.3) is 17.3 Å². The first-order valence-corrected chi connectivity index (χ1v) is 9.51. The number of nitrogens with zero attached hydrogens (tertiary/aromatic N) is 1. The third-order valence-corrected chi connectivity index (χ3v) is 5.13. The van der Waals surface area contributed by atoms with Crippen molar-refractivity contribution in [1.29, 1.82) is 0 Å². The Balaban J connectivity index is 1.71. The van der Waals surface area contributed by atoms with Crippen molar-refractivity contribution in [3.8, 4) is 17.0 Å². The molecular formula is C22H22N2O2S. The molecule has 1 N–H and O–H groups in total. The molecule has 0 saturated carbocycles. The third kappa shape index (κ3) is 4.63. The average molecular weight is 378 g/mol. The molecule has 2 aromatic carbocycles. The SMILES string of the molecule is COc1cccc(/C=C/C(=O)Nc2nc(-c3cc(C)c(C)cc3C)cs2)c1. The van der Waals surface area contributed by atoms with Crippen LogP contribution < -0.4 is 10.1 Å². The Morgan fingerprint density at radius 1 is 1.11 bits per heavy atom. The Morgan fingerprint density at radius 2 is 1.89 bits per heavy atom. The van der Waals surface area contributed by atoms with E-state index >= 15 is 0 Å². The zero-order valence-electron chi connectivity index (χ0n) is 15.9. The van der Waals surface area contributed by atoms with Gasteiger partial charge in [-0.2, -0.15) is 0 Å². The fourth-order valence-electron chi connectivity index (χ4n) is 2.76. The van der Waals surface area contributed by atoms with E-state index < -0.39 is 0 Å². The summed E-state index contributed by atoms with van der Waals surface area (Å²) in [6.45, 7) is 6.28. The molecule has 3 aromatic rings. The number of ether oxygens (including phenoxy) is 1. The molecule has 3 rings (SSSR count). The van der Waals surface area contributed by atoms with E-state index in [0.29, 0.717) is 5.13 Å². The van der Waals surface area contributed by atoms with Crippen LogP contribution in [0.15, 0.2) is 47.9 Å². The maximum atomic E-state index is 12.2. The highest BCUT2D eigenvalue weighted by Crippen LogP contribution is 2.29. The van der Waals surface area contributed by atoms with Crippen LogP contribution in [-0.4, -0.2) is 18.0 Å². The highest BCUT2D eigenvalue weighted by molar-refractivity contribution is 7.14. The van der Waals surface area contributed by atoms with Crippen LogP contribution in [0.3, 0.4) is 0 Å². The van der Waals surface area contributed by atoms with Crippen molar-refractivity contribution in [3.05, 3.63) is 70.1 Å². The first-order chi connectivity index (χ1) is 13.0. The van der Waals surface area contributed by atoms with Crippen molar-refractivity contribution in [2.75, 3.05) is 12.4 Å². The second-order valence-corrected chi connectivity index (χ2v) is 7.25. The number of amides is 1. The van der Waals surface area contributed by atoms with Crippen molar-refractivity contribution in [2.24, 2.45) is 0 Å². The Labute approximate surface area is 163 Å². The summed E-state index contributed by atoms with van der Waals surface area (Å²) in [5, 5.41) is 5.38. The summed E-state index contributed by atoms with van der Waals surface area (Å²) >= 11 is 1.42. The lowest BCUT2D eigenvalue weighted by Gasteiger charge is -2.07. The predicted molar refractivity (Wildman–Crippen MR) is 112 cm³/mol. The van der Waals surface area contributed by atoms with Crippen LogP contribution in [0.4, 0.5) is 5.13 Å². The fraction of sp³-hybridized carbons (Fsp3) is 0.182. The summed E-state index contributed by atoms with van der Waals surface area (Å²) < 4.78 is 5.18. The minimum absolute atomic E-state index is 0.212. The van der Waals surface area contributed by atoms with Crippen LogP contribution in [0.2, 0.25) is 0 Å². The van der Waals surface area contributed by atoms with Gasteiger partial charge in [-0.15, -0.1) is 11.3 Å². The molecule has 1 heterocycles. The maximum absolute atomic E-state index is 12.2. The number of carbonyl (C=O) groups is 1. The molecule has 0 saturated heterocycles. The van der Waals surface area contributed by atoms with Crippen molar-refractivity contribution < 1.29 is 9.53 Å². The second-order valence-electron chi connectivity index (χ2n) is 6.39. The number of methoxy groups -OCH3 is 1. The number of hydrogen-bond acceptors (Lipinski definition) is 4. The van der Waals surface area contributed by atoms with Gasteiger partial charge in [0.2, 0.25) is 5.91 Å². The highest BCUT2D eigenvalue weighted by atomic mass is 32.1. The number of anilines is 1. The second kappa shape index (κ2) is 8.18. The van der Waals surface area contributed by atoms with E-state index in [1.54, 1.807) is 13.2 Å². The summed E-state index contributed by atoms with van der Waals surface area (Å²) in [7, 11) is 1.62. The molecule has 0 atom stereocenters. The van der Waals surface area contributed by atoms with Gasteiger partial charge < -0.3 is 4.74 Å². The lowest BCUT2D eigenvalue weighted by Crippen LogP contribution is -2.07. The van der Waals surface area contributed by atoms with Gasteiger partial charge in [0.15, 0.2) is 5.13 Å². The van der Waals surface area contributed by atoms with Gasteiger partial charge in [0.05, 0.1) is 12.8 Å². The van der Waals surface area contributed by atoms with Crippen LogP contribution in [-0.2, 0) is 4.79 Å². The fourth-order valence-corrected chi connectivity index (χ4v) is 3.47. The van der Waals surface area contributed by atoms with Crippen molar-refractivity contribution in [2.45, 2.75) is 20.8 Å². The van der Waals surface area contributed by atoms with Gasteiger partial charge in [0.25, 0.3) is 0 Å². The summed E-state index contributed by atoms with van der Waals surface area (Å²) in [5.74, 6) is 0.543. The van der Waals surface area contributed by atoms with E-state index in [4.69, 9.17) is 4.74 Å². The van der Waals surface area contributed by atoms with E-state index in [9.17, 15) is 4.79 Å². The quantitative estimate of drug-likeness (QED) is 0.605. The standard InChI is InChI=1S/C22H22N2O2S/c1-14-10-16(3)19(11-15(14)2)20-13-27-22(23-20)24-21(25)9-8-17-6-5-7-18(12-17)26-4/h5-13H,1-4H3,(H,23,24,25)/b9-8+. The molecule has 27 heavy (non-hydrogen) atoms. The number of thiazole rings is 1. The number of carbonyl (C=O) groups excluding carboxylic acids is 1. The third-order valence-electron chi connectivity index (χ3n) is 4.37. The molecule has 0 fully saturated rings. The summed E-state index contributed by atoms with van der Waals surface area (Å²) in [5.41, 5.74) is 6.56.